The second-order valence-electron chi connectivity index (χ2n) is 4.29. The molecule has 3 amide bonds. The number of hydrogen-bond acceptors (Lipinski definition) is 3. The van der Waals surface area contributed by atoms with E-state index >= 15 is 0 Å². The highest BCUT2D eigenvalue weighted by atomic mass is 16.4. The van der Waals surface area contributed by atoms with Gasteiger partial charge in [0, 0.05) is 19.0 Å². The molecule has 0 radical (unpaired) electrons. The lowest BCUT2D eigenvalue weighted by Crippen LogP contribution is -2.46. The molecule has 4 N–H and O–H groups in total. The predicted molar refractivity (Wildman–Crippen MR) is 70.7 cm³/mol. The van der Waals surface area contributed by atoms with E-state index in [1.165, 1.54) is 6.08 Å². The third-order valence-electron chi connectivity index (χ3n) is 2.09. The maximum atomic E-state index is 11.4. The average Bonchev–Trinajstić information content (AvgIpc) is 2.27. The van der Waals surface area contributed by atoms with Crippen LogP contribution in [0.5, 0.6) is 0 Å². The number of urea groups is 1. The summed E-state index contributed by atoms with van der Waals surface area (Å²) >= 11 is 0. The van der Waals surface area contributed by atoms with Crippen molar-refractivity contribution in [3.8, 4) is 0 Å². The van der Waals surface area contributed by atoms with Crippen molar-refractivity contribution in [2.45, 2.75) is 38.8 Å². The van der Waals surface area contributed by atoms with Crippen molar-refractivity contribution in [2.24, 2.45) is 0 Å². The van der Waals surface area contributed by atoms with E-state index in [1.807, 2.05) is 13.8 Å². The van der Waals surface area contributed by atoms with Gasteiger partial charge in [-0.05, 0) is 20.3 Å². The van der Waals surface area contributed by atoms with Crippen LogP contribution in [0.3, 0.4) is 0 Å². The molecule has 0 aromatic heterocycles. The van der Waals surface area contributed by atoms with Crippen LogP contribution in [0.4, 0.5) is 4.79 Å². The molecule has 0 aromatic carbocycles. The van der Waals surface area contributed by atoms with E-state index in [0.29, 0.717) is 0 Å². The zero-order valence-corrected chi connectivity index (χ0v) is 11.2. The van der Waals surface area contributed by atoms with E-state index in [1.54, 1.807) is 0 Å². The summed E-state index contributed by atoms with van der Waals surface area (Å²) in [4.78, 5) is 33.4. The minimum Gasteiger partial charge on any atom is -0.480 e. The minimum atomic E-state index is -1.13. The third kappa shape index (κ3) is 8.64. The van der Waals surface area contributed by atoms with E-state index in [9.17, 15) is 14.4 Å². The monoisotopic (exact) mass is 271 g/mol. The lowest BCUT2D eigenvalue weighted by atomic mass is 10.2. The molecule has 0 saturated heterocycles. The van der Waals surface area contributed by atoms with Crippen molar-refractivity contribution in [2.75, 3.05) is 6.54 Å². The van der Waals surface area contributed by atoms with Crippen LogP contribution >= 0.6 is 0 Å². The fourth-order valence-corrected chi connectivity index (χ4v) is 1.28. The molecule has 7 heteroatoms. The molecule has 0 fully saturated rings. The topological polar surface area (TPSA) is 108 Å². The molecule has 1 atom stereocenters. The van der Waals surface area contributed by atoms with E-state index in [0.717, 1.165) is 0 Å². The minimum absolute atomic E-state index is 0.0466. The van der Waals surface area contributed by atoms with Crippen LogP contribution < -0.4 is 16.0 Å². The highest BCUT2D eigenvalue weighted by Gasteiger charge is 2.17. The molecule has 108 valence electrons. The van der Waals surface area contributed by atoms with Gasteiger partial charge >= 0.3 is 12.0 Å². The average molecular weight is 271 g/mol. The Bertz CT molecular complexity index is 342. The largest absolute Gasteiger partial charge is 0.480 e. The predicted octanol–water partition coefficient (Wildman–Crippen LogP) is 0.230. The van der Waals surface area contributed by atoms with Crippen LogP contribution in [0.25, 0.3) is 0 Å². The van der Waals surface area contributed by atoms with Gasteiger partial charge in [-0.1, -0.05) is 6.08 Å². The smallest absolute Gasteiger partial charge is 0.326 e. The summed E-state index contributed by atoms with van der Waals surface area (Å²) in [5.41, 5.74) is 0. The van der Waals surface area contributed by atoms with Gasteiger partial charge in [0.2, 0.25) is 5.91 Å². The number of amides is 3. The molecule has 0 bridgehead atoms. The van der Waals surface area contributed by atoms with E-state index in [2.05, 4.69) is 22.5 Å². The van der Waals surface area contributed by atoms with Crippen molar-refractivity contribution in [3.63, 3.8) is 0 Å². The summed E-state index contributed by atoms with van der Waals surface area (Å²) in [6, 6.07) is -1.58. The van der Waals surface area contributed by atoms with Crippen molar-refractivity contribution >= 4 is 17.9 Å². The molecule has 0 heterocycles. The Morgan fingerprint density at radius 2 is 1.89 bits per heavy atom. The van der Waals surface area contributed by atoms with Crippen molar-refractivity contribution in [1.82, 2.24) is 16.0 Å². The molecule has 7 nitrogen and oxygen atoms in total. The van der Waals surface area contributed by atoms with Gasteiger partial charge in [0.15, 0.2) is 0 Å². The van der Waals surface area contributed by atoms with Crippen molar-refractivity contribution in [1.29, 1.82) is 0 Å². The number of carbonyl (C=O) groups is 3. The molecular weight excluding hydrogens is 250 g/mol. The number of carbonyl (C=O) groups excluding carboxylic acids is 2. The number of rotatable bonds is 8. The molecular formula is C12H21N3O4. The van der Waals surface area contributed by atoms with Crippen molar-refractivity contribution in [3.05, 3.63) is 12.7 Å². The molecule has 0 spiro atoms. The normalized spacial score (nSPS) is 11.5. The summed E-state index contributed by atoms with van der Waals surface area (Å²) in [7, 11) is 0. The molecule has 0 saturated carbocycles. The Hall–Kier alpha value is -2.05. The van der Waals surface area contributed by atoms with Crippen LogP contribution in [0.1, 0.15) is 26.7 Å². The van der Waals surface area contributed by atoms with Gasteiger partial charge in [0.25, 0.3) is 0 Å². The maximum Gasteiger partial charge on any atom is 0.326 e. The molecule has 1 unspecified atom stereocenters. The molecule has 0 aliphatic rings. The van der Waals surface area contributed by atoms with Crippen LogP contribution in [0.15, 0.2) is 12.7 Å². The van der Waals surface area contributed by atoms with Gasteiger partial charge in [-0.3, -0.25) is 4.79 Å². The van der Waals surface area contributed by atoms with Crippen LogP contribution in [0.2, 0.25) is 0 Å². The van der Waals surface area contributed by atoms with E-state index < -0.39 is 18.0 Å². The zero-order valence-electron chi connectivity index (χ0n) is 11.2. The summed E-state index contributed by atoms with van der Waals surface area (Å²) in [5, 5.41) is 16.2. The first-order valence-corrected chi connectivity index (χ1v) is 6.04. The first-order chi connectivity index (χ1) is 8.86. The molecule has 0 aliphatic carbocycles. The van der Waals surface area contributed by atoms with Gasteiger partial charge in [0.1, 0.15) is 6.04 Å². The summed E-state index contributed by atoms with van der Waals surface area (Å²) in [6.07, 6.45) is 1.69. The standard InChI is InChI=1S/C12H21N3O4/c1-4-5-9(11(17)18)15-12(19)13-7-6-10(16)14-8(2)3/h4,8-9H,1,5-7H2,2-3H3,(H,14,16)(H,17,18)(H2,13,15,19). The Labute approximate surface area is 112 Å². The lowest BCUT2D eigenvalue weighted by molar-refractivity contribution is -0.139. The van der Waals surface area contributed by atoms with Crippen molar-refractivity contribution < 1.29 is 19.5 Å². The highest BCUT2D eigenvalue weighted by Crippen LogP contribution is 1.93. The second-order valence-corrected chi connectivity index (χ2v) is 4.29. The van der Waals surface area contributed by atoms with E-state index in [4.69, 9.17) is 5.11 Å². The van der Waals surface area contributed by atoms with E-state index in [-0.39, 0.29) is 31.3 Å². The quantitative estimate of drug-likeness (QED) is 0.474. The van der Waals surface area contributed by atoms with Crippen LogP contribution in [-0.2, 0) is 9.59 Å². The Morgan fingerprint density at radius 1 is 1.26 bits per heavy atom. The molecule has 0 aromatic rings. The second kappa shape index (κ2) is 8.96. The van der Waals surface area contributed by atoms with Gasteiger partial charge in [-0.25, -0.2) is 9.59 Å². The summed E-state index contributed by atoms with van der Waals surface area (Å²) in [6.45, 7) is 7.23. The number of aliphatic carboxylic acids is 1. The Morgan fingerprint density at radius 3 is 2.37 bits per heavy atom. The number of carboxylic acids is 1. The highest BCUT2D eigenvalue weighted by molar-refractivity contribution is 5.83. The first-order valence-electron chi connectivity index (χ1n) is 6.04. The number of hydrogen-bond donors (Lipinski definition) is 4. The molecule has 0 aliphatic heterocycles. The van der Waals surface area contributed by atoms with Crippen LogP contribution in [0, 0.1) is 0 Å². The number of carboxylic acid groups (broad SMARTS) is 1. The SMILES string of the molecule is C=CCC(NC(=O)NCCC(=O)NC(C)C)C(=O)O. The molecule has 0 rings (SSSR count). The van der Waals surface area contributed by atoms with Gasteiger partial charge in [0.05, 0.1) is 0 Å². The fraction of sp³-hybridized carbons (Fsp3) is 0.583. The summed E-state index contributed by atoms with van der Waals surface area (Å²) in [5.74, 6) is -1.30. The zero-order chi connectivity index (χ0) is 14.8. The Balaban J connectivity index is 3.94. The van der Waals surface area contributed by atoms with Gasteiger partial charge in [-0.2, -0.15) is 0 Å². The fourth-order valence-electron chi connectivity index (χ4n) is 1.28. The molecule has 19 heavy (non-hydrogen) atoms. The van der Waals surface area contributed by atoms with Gasteiger partial charge in [-0.15, -0.1) is 6.58 Å². The third-order valence-corrected chi connectivity index (χ3v) is 2.09. The first kappa shape index (κ1) is 16.9. The van der Waals surface area contributed by atoms with Crippen LogP contribution in [-0.4, -0.2) is 41.6 Å². The lowest BCUT2D eigenvalue weighted by Gasteiger charge is -2.13. The summed E-state index contributed by atoms with van der Waals surface area (Å²) < 4.78 is 0. The Kier molecular flexibility index (Phi) is 7.99. The number of nitrogens with one attached hydrogen (secondary N) is 3. The van der Waals surface area contributed by atoms with Gasteiger partial charge < -0.3 is 21.1 Å². The maximum absolute atomic E-state index is 11.4.